The fraction of sp³-hybridized carbons (Fsp3) is 0.318. The summed E-state index contributed by atoms with van der Waals surface area (Å²) in [5.74, 6) is -0.118. The summed E-state index contributed by atoms with van der Waals surface area (Å²) >= 11 is 0. The number of oxazole rings is 1. The van der Waals surface area contributed by atoms with Crippen LogP contribution in [-0.2, 0) is 13.5 Å². The van der Waals surface area contributed by atoms with Gasteiger partial charge in [0.05, 0.1) is 18.3 Å². The van der Waals surface area contributed by atoms with Gasteiger partial charge in [0, 0.05) is 61.4 Å². The van der Waals surface area contributed by atoms with Gasteiger partial charge in [-0.3, -0.25) is 19.4 Å². The number of Topliss-reactive ketones (excluding diaryl/α,β-unsaturated/α-hetero) is 1. The van der Waals surface area contributed by atoms with E-state index >= 15 is 0 Å². The van der Waals surface area contributed by atoms with E-state index in [0.29, 0.717) is 23.4 Å². The molecule has 0 saturated carbocycles. The van der Waals surface area contributed by atoms with Crippen LogP contribution in [-0.4, -0.2) is 68.6 Å². The first-order valence-corrected chi connectivity index (χ1v) is 10.1. The summed E-state index contributed by atoms with van der Waals surface area (Å²) in [6.07, 6.45) is 8.82. The monoisotopic (exact) mass is 417 g/mol. The molecule has 0 atom stereocenters. The Bertz CT molecular complexity index is 1250. The molecule has 0 bridgehead atoms. The van der Waals surface area contributed by atoms with E-state index in [0.717, 1.165) is 35.1 Å². The van der Waals surface area contributed by atoms with Gasteiger partial charge in [0.1, 0.15) is 12.0 Å². The fourth-order valence-corrected chi connectivity index (χ4v) is 3.62. The molecule has 0 aromatic carbocycles. The zero-order chi connectivity index (χ0) is 21.5. The van der Waals surface area contributed by atoms with Crippen molar-refractivity contribution in [2.75, 3.05) is 32.1 Å². The van der Waals surface area contributed by atoms with Crippen molar-refractivity contribution >= 4 is 22.6 Å². The molecule has 1 fully saturated rings. The highest BCUT2D eigenvalue weighted by atomic mass is 16.4. The van der Waals surface area contributed by atoms with E-state index in [-0.39, 0.29) is 12.2 Å². The summed E-state index contributed by atoms with van der Waals surface area (Å²) < 4.78 is 7.27. The van der Waals surface area contributed by atoms with Gasteiger partial charge in [-0.1, -0.05) is 0 Å². The molecule has 1 aliphatic heterocycles. The molecular weight excluding hydrogens is 394 g/mol. The predicted octanol–water partition coefficient (Wildman–Crippen LogP) is 2.19. The minimum atomic E-state index is -0.118. The highest BCUT2D eigenvalue weighted by Crippen LogP contribution is 2.24. The van der Waals surface area contributed by atoms with Crippen molar-refractivity contribution in [3.63, 3.8) is 0 Å². The molecular formula is C22H23N7O2. The largest absolute Gasteiger partial charge is 0.431 e. The van der Waals surface area contributed by atoms with E-state index in [9.17, 15) is 4.79 Å². The second-order valence-electron chi connectivity index (χ2n) is 8.13. The maximum absolute atomic E-state index is 12.7. The molecule has 9 nitrogen and oxygen atoms in total. The summed E-state index contributed by atoms with van der Waals surface area (Å²) in [6, 6.07) is 4.90. The van der Waals surface area contributed by atoms with E-state index in [1.54, 1.807) is 23.3 Å². The lowest BCUT2D eigenvalue weighted by molar-refractivity contribution is 0.0987. The van der Waals surface area contributed by atoms with Gasteiger partial charge >= 0.3 is 0 Å². The van der Waals surface area contributed by atoms with Crippen molar-refractivity contribution in [3.05, 3.63) is 54.6 Å². The average Bonchev–Trinajstić information content (AvgIpc) is 3.35. The number of likely N-dealkylation sites (N-methyl/N-ethyl adjacent to an activating group) is 1. The molecule has 4 aromatic heterocycles. The molecule has 1 aliphatic rings. The molecule has 0 N–H and O–H groups in total. The molecule has 5 rings (SSSR count). The molecule has 1 saturated heterocycles. The Morgan fingerprint density at radius 1 is 1.16 bits per heavy atom. The smallest absolute Gasteiger partial charge is 0.297 e. The molecule has 0 amide bonds. The molecule has 158 valence electrons. The number of anilines is 1. The fourth-order valence-electron chi connectivity index (χ4n) is 3.62. The zero-order valence-corrected chi connectivity index (χ0v) is 17.7. The predicted molar refractivity (Wildman–Crippen MR) is 116 cm³/mol. The van der Waals surface area contributed by atoms with Crippen LogP contribution in [0, 0.1) is 0 Å². The van der Waals surface area contributed by atoms with Gasteiger partial charge in [-0.15, -0.1) is 0 Å². The Morgan fingerprint density at radius 3 is 2.71 bits per heavy atom. The van der Waals surface area contributed by atoms with Crippen LogP contribution in [0.1, 0.15) is 16.2 Å². The van der Waals surface area contributed by atoms with E-state index in [4.69, 9.17) is 4.42 Å². The van der Waals surface area contributed by atoms with Gasteiger partial charge < -0.3 is 14.2 Å². The number of hydrogen-bond acceptors (Lipinski definition) is 8. The second kappa shape index (κ2) is 7.59. The average molecular weight is 417 g/mol. The SMILES string of the molecule is CN(C)C1CN(c2nc(C(=O)Cc3cc4cc(-c5cnn(C)c5)ncc4cn3)co2)C1. The number of rotatable bonds is 6. The first kappa shape index (κ1) is 19.4. The summed E-state index contributed by atoms with van der Waals surface area (Å²) in [7, 11) is 5.98. The minimum Gasteiger partial charge on any atom is -0.431 e. The lowest BCUT2D eigenvalue weighted by atomic mass is 10.1. The molecule has 31 heavy (non-hydrogen) atoms. The number of carbonyl (C=O) groups excluding carboxylic acids is 1. The Balaban J connectivity index is 1.31. The minimum absolute atomic E-state index is 0.118. The van der Waals surface area contributed by atoms with Crippen LogP contribution in [0.5, 0.6) is 0 Å². The molecule has 0 spiro atoms. The van der Waals surface area contributed by atoms with Crippen LogP contribution < -0.4 is 4.90 Å². The van der Waals surface area contributed by atoms with Crippen molar-refractivity contribution in [1.29, 1.82) is 0 Å². The van der Waals surface area contributed by atoms with Crippen molar-refractivity contribution in [2.24, 2.45) is 7.05 Å². The second-order valence-corrected chi connectivity index (χ2v) is 8.13. The van der Waals surface area contributed by atoms with Crippen molar-refractivity contribution in [3.8, 4) is 11.3 Å². The molecule has 0 unspecified atom stereocenters. The summed E-state index contributed by atoms with van der Waals surface area (Å²) in [5, 5.41) is 6.09. The summed E-state index contributed by atoms with van der Waals surface area (Å²) in [4.78, 5) is 30.2. The Morgan fingerprint density at radius 2 is 1.97 bits per heavy atom. The van der Waals surface area contributed by atoms with Gasteiger partial charge in [0.25, 0.3) is 6.01 Å². The molecule has 5 heterocycles. The Kier molecular flexibility index (Phi) is 4.74. The van der Waals surface area contributed by atoms with Crippen LogP contribution in [0.4, 0.5) is 6.01 Å². The quantitative estimate of drug-likeness (QED) is 0.441. The van der Waals surface area contributed by atoms with Crippen LogP contribution in [0.2, 0.25) is 0 Å². The number of aromatic nitrogens is 5. The molecule has 0 radical (unpaired) electrons. The van der Waals surface area contributed by atoms with E-state index in [1.807, 2.05) is 30.3 Å². The van der Waals surface area contributed by atoms with Crippen LogP contribution in [0.25, 0.3) is 22.0 Å². The van der Waals surface area contributed by atoms with Gasteiger partial charge in [-0.05, 0) is 31.6 Å². The summed E-state index contributed by atoms with van der Waals surface area (Å²) in [5.41, 5.74) is 2.78. The van der Waals surface area contributed by atoms with Crippen LogP contribution in [0.15, 0.2) is 47.6 Å². The third-order valence-corrected chi connectivity index (χ3v) is 5.64. The van der Waals surface area contributed by atoms with Gasteiger partial charge in [-0.25, -0.2) is 0 Å². The van der Waals surface area contributed by atoms with Crippen LogP contribution in [0.3, 0.4) is 0 Å². The van der Waals surface area contributed by atoms with Gasteiger partial charge in [0.15, 0.2) is 5.78 Å². The summed E-state index contributed by atoms with van der Waals surface area (Å²) in [6.45, 7) is 1.70. The van der Waals surface area contributed by atoms with E-state index < -0.39 is 0 Å². The highest BCUT2D eigenvalue weighted by molar-refractivity contribution is 5.96. The number of nitrogens with zero attached hydrogens (tertiary/aromatic N) is 7. The number of carbonyl (C=O) groups is 1. The first-order chi connectivity index (χ1) is 15.0. The van der Waals surface area contributed by atoms with Crippen molar-refractivity contribution in [1.82, 2.24) is 29.6 Å². The lowest BCUT2D eigenvalue weighted by Gasteiger charge is -2.41. The normalized spacial score (nSPS) is 14.4. The number of hydrogen-bond donors (Lipinski definition) is 0. The standard InChI is InChI=1S/C22H23N7O2/c1-27(2)18-11-29(12-18)22-26-20(13-31-22)21(30)6-17-4-14-5-19(16-9-25-28(3)10-16)24-8-15(14)7-23-17/h4-5,7-10,13,18H,6,11-12H2,1-3H3. The third kappa shape index (κ3) is 3.79. The Hall–Kier alpha value is -3.59. The molecule has 9 heteroatoms. The first-order valence-electron chi connectivity index (χ1n) is 10.1. The third-order valence-electron chi connectivity index (χ3n) is 5.64. The Labute approximate surface area is 179 Å². The number of fused-ring (bicyclic) bond motifs is 1. The van der Waals surface area contributed by atoms with E-state index in [2.05, 4.69) is 39.0 Å². The topological polar surface area (TPSA) is 93.2 Å². The number of ketones is 1. The molecule has 4 aromatic rings. The van der Waals surface area contributed by atoms with Gasteiger partial charge in [0.2, 0.25) is 0 Å². The van der Waals surface area contributed by atoms with Gasteiger partial charge in [-0.2, -0.15) is 10.1 Å². The van der Waals surface area contributed by atoms with Crippen molar-refractivity contribution in [2.45, 2.75) is 12.5 Å². The maximum atomic E-state index is 12.7. The van der Waals surface area contributed by atoms with Crippen LogP contribution >= 0.6 is 0 Å². The molecule has 0 aliphatic carbocycles. The number of aryl methyl sites for hydroxylation is 1. The number of pyridine rings is 2. The van der Waals surface area contributed by atoms with Crippen molar-refractivity contribution < 1.29 is 9.21 Å². The highest BCUT2D eigenvalue weighted by Gasteiger charge is 2.31. The lowest BCUT2D eigenvalue weighted by Crippen LogP contribution is -2.57. The van der Waals surface area contributed by atoms with E-state index in [1.165, 1.54) is 6.26 Å². The zero-order valence-electron chi connectivity index (χ0n) is 17.7. The maximum Gasteiger partial charge on any atom is 0.297 e.